The molecule has 188 valence electrons. The normalized spacial score (nSPS) is 15.5. The van der Waals surface area contributed by atoms with Crippen LogP contribution in [0.5, 0.6) is 0 Å². The van der Waals surface area contributed by atoms with E-state index in [9.17, 15) is 9.59 Å². The number of H-pyrrole nitrogens is 1. The standard InChI is InChI=1S/C28H29N7O2/c29-17-6-18-34-27(36)25(16-13-20-7-2-1-3-8-20)35(28(34)37)19-21-11-14-22(15-12-21)23-9-4-5-10-24(23)26-30-32-33-31-26/h1-5,7-12,14-15,25H,6,13,16-19,29H2,(H,30,31,32,33)/t25-/m0/s1. The summed E-state index contributed by atoms with van der Waals surface area (Å²) in [5, 5.41) is 14.4. The van der Waals surface area contributed by atoms with E-state index < -0.39 is 6.04 Å². The number of carbonyl (C=O) groups is 2. The van der Waals surface area contributed by atoms with E-state index in [2.05, 4.69) is 20.6 Å². The molecular formula is C28H29N7O2. The largest absolute Gasteiger partial charge is 0.330 e. The number of aromatic amines is 1. The smallest absolute Gasteiger partial charge is 0.327 e. The molecule has 0 spiro atoms. The van der Waals surface area contributed by atoms with Gasteiger partial charge in [-0.15, -0.1) is 10.2 Å². The van der Waals surface area contributed by atoms with Crippen molar-refractivity contribution in [3.05, 3.63) is 90.0 Å². The molecule has 1 atom stereocenters. The van der Waals surface area contributed by atoms with Crippen LogP contribution in [0, 0.1) is 0 Å². The molecule has 0 aliphatic carbocycles. The van der Waals surface area contributed by atoms with E-state index >= 15 is 0 Å². The van der Waals surface area contributed by atoms with Crippen LogP contribution in [0.1, 0.15) is 24.0 Å². The third kappa shape index (κ3) is 5.26. The fraction of sp³-hybridized carbons (Fsp3) is 0.250. The van der Waals surface area contributed by atoms with Crippen molar-refractivity contribution in [2.45, 2.75) is 31.8 Å². The Kier molecular flexibility index (Phi) is 7.32. The zero-order valence-electron chi connectivity index (χ0n) is 20.5. The molecule has 9 heteroatoms. The van der Waals surface area contributed by atoms with Gasteiger partial charge in [0.2, 0.25) is 5.82 Å². The van der Waals surface area contributed by atoms with E-state index in [0.717, 1.165) is 34.2 Å². The number of aryl methyl sites for hydroxylation is 1. The van der Waals surface area contributed by atoms with Crippen molar-refractivity contribution < 1.29 is 9.59 Å². The van der Waals surface area contributed by atoms with Crippen LogP contribution in [-0.2, 0) is 17.8 Å². The maximum absolute atomic E-state index is 13.3. The molecule has 1 aliphatic heterocycles. The summed E-state index contributed by atoms with van der Waals surface area (Å²) >= 11 is 0. The van der Waals surface area contributed by atoms with Crippen molar-refractivity contribution in [1.29, 1.82) is 0 Å². The Hall–Kier alpha value is -4.37. The van der Waals surface area contributed by atoms with Gasteiger partial charge in [0.05, 0.1) is 0 Å². The lowest BCUT2D eigenvalue weighted by Crippen LogP contribution is -2.35. The van der Waals surface area contributed by atoms with E-state index in [1.165, 1.54) is 4.90 Å². The van der Waals surface area contributed by atoms with Crippen LogP contribution < -0.4 is 5.73 Å². The highest BCUT2D eigenvalue weighted by Gasteiger charge is 2.44. The summed E-state index contributed by atoms with van der Waals surface area (Å²) in [6.07, 6.45) is 1.88. The molecule has 4 aromatic rings. The van der Waals surface area contributed by atoms with Gasteiger partial charge in [0.1, 0.15) is 6.04 Å². The van der Waals surface area contributed by atoms with Crippen LogP contribution in [0.2, 0.25) is 0 Å². The molecule has 3 aromatic carbocycles. The third-order valence-corrected chi connectivity index (χ3v) is 6.67. The van der Waals surface area contributed by atoms with E-state index in [4.69, 9.17) is 5.73 Å². The summed E-state index contributed by atoms with van der Waals surface area (Å²) in [4.78, 5) is 29.6. The first-order valence-corrected chi connectivity index (χ1v) is 12.4. The van der Waals surface area contributed by atoms with Crippen LogP contribution in [-0.4, -0.2) is 61.5 Å². The van der Waals surface area contributed by atoms with Crippen molar-refractivity contribution in [2.24, 2.45) is 5.73 Å². The number of carbonyl (C=O) groups excluding carboxylic acids is 2. The summed E-state index contributed by atoms with van der Waals surface area (Å²) in [5.74, 6) is 0.389. The van der Waals surface area contributed by atoms with E-state index in [0.29, 0.717) is 38.3 Å². The van der Waals surface area contributed by atoms with Gasteiger partial charge in [-0.25, -0.2) is 4.79 Å². The highest BCUT2D eigenvalue weighted by atomic mass is 16.2. The third-order valence-electron chi connectivity index (χ3n) is 6.67. The SMILES string of the molecule is NCCCN1C(=O)[C@H](CCc2ccccc2)N(Cc2ccc(-c3ccccc3-c3nn[nH]n3)cc2)C1=O. The van der Waals surface area contributed by atoms with Gasteiger partial charge in [0.25, 0.3) is 5.91 Å². The molecule has 1 fully saturated rings. The lowest BCUT2D eigenvalue weighted by Gasteiger charge is -2.22. The molecule has 0 saturated carbocycles. The summed E-state index contributed by atoms with van der Waals surface area (Å²) in [7, 11) is 0. The average molecular weight is 496 g/mol. The van der Waals surface area contributed by atoms with Crippen molar-refractivity contribution in [1.82, 2.24) is 30.4 Å². The van der Waals surface area contributed by atoms with Gasteiger partial charge < -0.3 is 10.6 Å². The molecule has 1 aromatic heterocycles. The topological polar surface area (TPSA) is 121 Å². The first-order valence-electron chi connectivity index (χ1n) is 12.4. The number of nitrogens with one attached hydrogen (secondary N) is 1. The van der Waals surface area contributed by atoms with Crippen molar-refractivity contribution in [3.8, 4) is 22.5 Å². The Bertz CT molecular complexity index is 1340. The zero-order chi connectivity index (χ0) is 25.6. The summed E-state index contributed by atoms with van der Waals surface area (Å²) in [6.45, 7) is 1.13. The molecule has 1 aliphatic rings. The molecule has 3 amide bonds. The molecule has 1 saturated heterocycles. The fourth-order valence-corrected chi connectivity index (χ4v) is 4.75. The Labute approximate surface area is 215 Å². The minimum Gasteiger partial charge on any atom is -0.330 e. The van der Waals surface area contributed by atoms with Crippen LogP contribution in [0.15, 0.2) is 78.9 Å². The molecule has 37 heavy (non-hydrogen) atoms. The Morgan fingerprint density at radius 1 is 0.865 bits per heavy atom. The maximum Gasteiger partial charge on any atom is 0.327 e. The minimum absolute atomic E-state index is 0.139. The first-order chi connectivity index (χ1) is 18.2. The number of nitrogens with zero attached hydrogens (tertiary/aromatic N) is 5. The van der Waals surface area contributed by atoms with Gasteiger partial charge in [-0.2, -0.15) is 5.21 Å². The van der Waals surface area contributed by atoms with Crippen LogP contribution in [0.25, 0.3) is 22.5 Å². The molecule has 0 unspecified atom stereocenters. The number of tetrazole rings is 1. The molecule has 2 heterocycles. The van der Waals surface area contributed by atoms with Gasteiger partial charge in [-0.05, 0) is 53.3 Å². The number of amides is 3. The number of hydrogen-bond acceptors (Lipinski definition) is 6. The second-order valence-electron chi connectivity index (χ2n) is 9.06. The predicted octanol–water partition coefficient (Wildman–Crippen LogP) is 3.65. The number of urea groups is 1. The van der Waals surface area contributed by atoms with Crippen LogP contribution >= 0.6 is 0 Å². The number of benzene rings is 3. The van der Waals surface area contributed by atoms with E-state index in [1.54, 1.807) is 4.90 Å². The number of imide groups is 1. The quantitative estimate of drug-likeness (QED) is 0.324. The summed E-state index contributed by atoms with van der Waals surface area (Å²) in [5.41, 5.74) is 10.6. The molecule has 9 nitrogen and oxygen atoms in total. The number of hydrogen-bond donors (Lipinski definition) is 2. The second-order valence-corrected chi connectivity index (χ2v) is 9.06. The summed E-state index contributed by atoms with van der Waals surface area (Å²) in [6, 6.07) is 25.2. The molecule has 5 rings (SSSR count). The molecular weight excluding hydrogens is 466 g/mol. The van der Waals surface area contributed by atoms with Crippen molar-refractivity contribution in [3.63, 3.8) is 0 Å². The van der Waals surface area contributed by atoms with Gasteiger partial charge in [-0.1, -0.05) is 78.9 Å². The van der Waals surface area contributed by atoms with Gasteiger partial charge in [0, 0.05) is 18.7 Å². The second kappa shape index (κ2) is 11.1. The van der Waals surface area contributed by atoms with Gasteiger partial charge in [0.15, 0.2) is 0 Å². The number of aromatic nitrogens is 4. The van der Waals surface area contributed by atoms with Crippen LogP contribution in [0.4, 0.5) is 4.79 Å². The first kappa shape index (κ1) is 24.3. The highest BCUT2D eigenvalue weighted by Crippen LogP contribution is 2.31. The van der Waals surface area contributed by atoms with E-state index in [-0.39, 0.29) is 11.9 Å². The van der Waals surface area contributed by atoms with Gasteiger partial charge in [-0.3, -0.25) is 9.69 Å². The molecule has 0 bridgehead atoms. The Morgan fingerprint density at radius 3 is 2.30 bits per heavy atom. The van der Waals surface area contributed by atoms with Gasteiger partial charge >= 0.3 is 6.03 Å². The molecule has 0 radical (unpaired) electrons. The minimum atomic E-state index is -0.496. The Balaban J connectivity index is 1.36. The highest BCUT2D eigenvalue weighted by molar-refractivity contribution is 6.04. The van der Waals surface area contributed by atoms with Crippen LogP contribution in [0.3, 0.4) is 0 Å². The lowest BCUT2D eigenvalue weighted by molar-refractivity contribution is -0.128. The lowest BCUT2D eigenvalue weighted by atomic mass is 9.98. The summed E-state index contributed by atoms with van der Waals surface area (Å²) < 4.78 is 0. The predicted molar refractivity (Wildman–Crippen MR) is 140 cm³/mol. The van der Waals surface area contributed by atoms with Crippen molar-refractivity contribution in [2.75, 3.05) is 13.1 Å². The van der Waals surface area contributed by atoms with E-state index in [1.807, 2.05) is 78.9 Å². The Morgan fingerprint density at radius 2 is 1.59 bits per heavy atom. The number of nitrogens with two attached hydrogens (primary N) is 1. The monoisotopic (exact) mass is 495 g/mol. The maximum atomic E-state index is 13.3. The average Bonchev–Trinajstić information content (AvgIpc) is 3.55. The fourth-order valence-electron chi connectivity index (χ4n) is 4.75. The number of rotatable bonds is 10. The molecule has 3 N–H and O–H groups in total. The zero-order valence-corrected chi connectivity index (χ0v) is 20.5. The van der Waals surface area contributed by atoms with Crippen molar-refractivity contribution >= 4 is 11.9 Å².